The average Bonchev–Trinajstić information content (AvgIpc) is 2.95. The first-order chi connectivity index (χ1) is 9.63. The maximum atomic E-state index is 12.8. The lowest BCUT2D eigenvalue weighted by Crippen LogP contribution is -2.51. The molecule has 1 heterocycles. The van der Waals surface area contributed by atoms with Crippen LogP contribution in [0.2, 0.25) is 0 Å². The van der Waals surface area contributed by atoms with E-state index < -0.39 is 10.0 Å². The highest BCUT2D eigenvalue weighted by atomic mass is 32.2. The van der Waals surface area contributed by atoms with Gasteiger partial charge in [-0.15, -0.1) is 0 Å². The molecular formula is C14H20N2O3S. The molecule has 1 aliphatic heterocycles. The molecule has 0 spiro atoms. The summed E-state index contributed by atoms with van der Waals surface area (Å²) in [5.74, 6) is 0. The van der Waals surface area contributed by atoms with E-state index in [1.54, 1.807) is 28.6 Å². The molecule has 1 saturated carbocycles. The minimum absolute atomic E-state index is 0.0118. The van der Waals surface area contributed by atoms with Crippen LogP contribution in [0.3, 0.4) is 0 Å². The van der Waals surface area contributed by atoms with Gasteiger partial charge in [0, 0.05) is 19.3 Å². The zero-order valence-corrected chi connectivity index (χ0v) is 12.4. The third-order valence-electron chi connectivity index (χ3n) is 4.18. The summed E-state index contributed by atoms with van der Waals surface area (Å²) in [5.41, 5.74) is 0.907. The molecule has 0 bridgehead atoms. The smallest absolute Gasteiger partial charge is 0.243 e. The van der Waals surface area contributed by atoms with Crippen molar-refractivity contribution >= 4 is 15.7 Å². The normalized spacial score (nSPS) is 27.2. The number of rotatable bonds is 3. The Bertz CT molecular complexity index is 571. The van der Waals surface area contributed by atoms with Crippen LogP contribution in [0.25, 0.3) is 0 Å². The first kappa shape index (κ1) is 13.9. The third kappa shape index (κ3) is 2.32. The lowest BCUT2D eigenvalue weighted by molar-refractivity contribution is -0.0241. The quantitative estimate of drug-likeness (QED) is 0.922. The fraction of sp³-hybridized carbons (Fsp3) is 0.571. The largest absolute Gasteiger partial charge is 0.388 e. The predicted molar refractivity (Wildman–Crippen MR) is 77.3 cm³/mol. The van der Waals surface area contributed by atoms with Crippen LogP contribution in [0.15, 0.2) is 29.2 Å². The maximum absolute atomic E-state index is 12.8. The van der Waals surface area contributed by atoms with Gasteiger partial charge in [-0.1, -0.05) is 0 Å². The summed E-state index contributed by atoms with van der Waals surface area (Å²) < 4.78 is 32.9. The van der Waals surface area contributed by atoms with Crippen LogP contribution < -0.4 is 5.32 Å². The van der Waals surface area contributed by atoms with Gasteiger partial charge in [-0.2, -0.15) is 4.31 Å². The van der Waals surface area contributed by atoms with Crippen LogP contribution in [-0.2, 0) is 14.8 Å². The zero-order chi connectivity index (χ0) is 14.2. The number of nitrogens with one attached hydrogen (secondary N) is 1. The number of ether oxygens (including phenoxy) is 1. The average molecular weight is 296 g/mol. The summed E-state index contributed by atoms with van der Waals surface area (Å²) in [6.45, 7) is 0.951. The van der Waals surface area contributed by atoms with Crippen molar-refractivity contribution in [2.45, 2.75) is 36.3 Å². The number of anilines is 1. The molecular weight excluding hydrogens is 276 g/mol. The topological polar surface area (TPSA) is 58.6 Å². The Hall–Kier alpha value is -1.11. The van der Waals surface area contributed by atoms with Gasteiger partial charge in [0.1, 0.15) is 0 Å². The zero-order valence-electron chi connectivity index (χ0n) is 11.6. The monoisotopic (exact) mass is 296 g/mol. The minimum Gasteiger partial charge on any atom is -0.388 e. The van der Waals surface area contributed by atoms with E-state index in [1.807, 2.05) is 7.05 Å². The Morgan fingerprint density at radius 1 is 1.25 bits per heavy atom. The highest BCUT2D eigenvalue weighted by Crippen LogP contribution is 2.33. The second kappa shape index (κ2) is 5.35. The van der Waals surface area contributed by atoms with Crippen LogP contribution in [0.4, 0.5) is 5.69 Å². The number of nitrogens with zero attached hydrogens (tertiary/aromatic N) is 1. The highest BCUT2D eigenvalue weighted by Gasteiger charge is 2.42. The number of morpholine rings is 1. The van der Waals surface area contributed by atoms with Crippen molar-refractivity contribution in [3.8, 4) is 0 Å². The third-order valence-corrected chi connectivity index (χ3v) is 6.12. The minimum atomic E-state index is -3.42. The van der Waals surface area contributed by atoms with Gasteiger partial charge in [0.2, 0.25) is 10.0 Å². The molecule has 6 heteroatoms. The molecule has 1 aliphatic carbocycles. The van der Waals surface area contributed by atoms with Crippen LogP contribution in [0, 0.1) is 0 Å². The van der Waals surface area contributed by atoms with E-state index in [0.29, 0.717) is 18.0 Å². The van der Waals surface area contributed by atoms with Gasteiger partial charge in [-0.05, 0) is 43.5 Å². The summed E-state index contributed by atoms with van der Waals surface area (Å²) >= 11 is 0. The number of benzene rings is 1. The van der Waals surface area contributed by atoms with Crippen molar-refractivity contribution in [1.82, 2.24) is 4.31 Å². The van der Waals surface area contributed by atoms with Gasteiger partial charge in [0.05, 0.1) is 23.6 Å². The van der Waals surface area contributed by atoms with Crippen molar-refractivity contribution in [2.24, 2.45) is 0 Å². The molecule has 1 aromatic rings. The van der Waals surface area contributed by atoms with Gasteiger partial charge < -0.3 is 10.1 Å². The van der Waals surface area contributed by atoms with Crippen LogP contribution in [0.5, 0.6) is 0 Å². The maximum Gasteiger partial charge on any atom is 0.243 e. The Kier molecular flexibility index (Phi) is 3.70. The van der Waals surface area contributed by atoms with Crippen molar-refractivity contribution in [3.05, 3.63) is 24.3 Å². The van der Waals surface area contributed by atoms with E-state index >= 15 is 0 Å². The first-order valence-corrected chi connectivity index (χ1v) is 8.48. The van der Waals surface area contributed by atoms with Crippen LogP contribution in [-0.4, -0.2) is 45.1 Å². The van der Waals surface area contributed by atoms with E-state index in [-0.39, 0.29) is 12.1 Å². The van der Waals surface area contributed by atoms with Gasteiger partial charge in [0.25, 0.3) is 0 Å². The lowest BCUT2D eigenvalue weighted by atomic mass is 10.2. The number of hydrogen-bond acceptors (Lipinski definition) is 4. The number of sulfonamides is 1. The van der Waals surface area contributed by atoms with E-state index in [2.05, 4.69) is 5.32 Å². The van der Waals surface area contributed by atoms with Crippen LogP contribution >= 0.6 is 0 Å². The van der Waals surface area contributed by atoms with Crippen molar-refractivity contribution in [1.29, 1.82) is 0 Å². The molecule has 20 heavy (non-hydrogen) atoms. The van der Waals surface area contributed by atoms with E-state index in [1.165, 1.54) is 0 Å². The number of hydrogen-bond donors (Lipinski definition) is 1. The van der Waals surface area contributed by atoms with Gasteiger partial charge in [-0.25, -0.2) is 8.42 Å². The van der Waals surface area contributed by atoms with Crippen molar-refractivity contribution in [3.63, 3.8) is 0 Å². The first-order valence-electron chi connectivity index (χ1n) is 7.04. The fourth-order valence-corrected chi connectivity index (χ4v) is 4.78. The summed E-state index contributed by atoms with van der Waals surface area (Å²) in [7, 11) is -1.60. The molecule has 1 N–H and O–H groups in total. The van der Waals surface area contributed by atoms with Gasteiger partial charge >= 0.3 is 0 Å². The summed E-state index contributed by atoms with van der Waals surface area (Å²) in [4.78, 5) is 0.365. The summed E-state index contributed by atoms with van der Waals surface area (Å²) in [5, 5.41) is 2.99. The standard InChI is InChI=1S/C14H20N2O3S/c1-15-11-5-7-12(8-6-11)20(17,18)16-9-10-19-14-4-2-3-13(14)16/h5-8,13-15H,2-4,9-10H2,1H3. The molecule has 2 aliphatic rings. The molecule has 2 unspecified atom stereocenters. The van der Waals surface area contributed by atoms with E-state index in [0.717, 1.165) is 24.9 Å². The fourth-order valence-electron chi connectivity index (χ4n) is 3.12. The molecule has 3 rings (SSSR count). The molecule has 2 atom stereocenters. The van der Waals surface area contributed by atoms with Crippen molar-refractivity contribution < 1.29 is 13.2 Å². The summed E-state index contributed by atoms with van der Waals surface area (Å²) in [6, 6.07) is 6.93. The highest BCUT2D eigenvalue weighted by molar-refractivity contribution is 7.89. The molecule has 5 nitrogen and oxygen atoms in total. The molecule has 0 amide bonds. The Morgan fingerprint density at radius 3 is 2.70 bits per heavy atom. The van der Waals surface area contributed by atoms with E-state index in [9.17, 15) is 8.42 Å². The molecule has 0 aromatic heterocycles. The van der Waals surface area contributed by atoms with Gasteiger partial charge in [-0.3, -0.25) is 0 Å². The Labute approximate surface area is 120 Å². The lowest BCUT2D eigenvalue weighted by Gasteiger charge is -2.36. The van der Waals surface area contributed by atoms with Crippen molar-refractivity contribution in [2.75, 3.05) is 25.5 Å². The van der Waals surface area contributed by atoms with Crippen LogP contribution in [0.1, 0.15) is 19.3 Å². The van der Waals surface area contributed by atoms with E-state index in [4.69, 9.17) is 4.74 Å². The second-order valence-corrected chi connectivity index (χ2v) is 7.19. The number of fused-ring (bicyclic) bond motifs is 1. The summed E-state index contributed by atoms with van der Waals surface area (Å²) in [6.07, 6.45) is 2.99. The molecule has 2 fully saturated rings. The SMILES string of the molecule is CNc1ccc(S(=O)(=O)N2CCOC3CCCC32)cc1. The molecule has 0 radical (unpaired) electrons. The Morgan fingerprint density at radius 2 is 2.00 bits per heavy atom. The molecule has 110 valence electrons. The van der Waals surface area contributed by atoms with Gasteiger partial charge in [0.15, 0.2) is 0 Å². The molecule has 1 aromatic carbocycles. The molecule has 1 saturated heterocycles. The Balaban J connectivity index is 1.89. The second-order valence-electron chi connectivity index (χ2n) is 5.30. The predicted octanol–water partition coefficient (Wildman–Crippen LogP) is 1.67.